The zero-order valence-corrected chi connectivity index (χ0v) is 6.96. The molecule has 1 aromatic rings. The molecule has 0 bridgehead atoms. The summed E-state index contributed by atoms with van der Waals surface area (Å²) in [6.07, 6.45) is 9.80. The van der Waals surface area contributed by atoms with Crippen LogP contribution < -0.4 is 5.73 Å². The van der Waals surface area contributed by atoms with Crippen molar-refractivity contribution in [2.24, 2.45) is 0 Å². The molecule has 0 spiro atoms. The monoisotopic (exact) mass is 163 g/mol. The van der Waals surface area contributed by atoms with Crippen molar-refractivity contribution in [3.63, 3.8) is 0 Å². The van der Waals surface area contributed by atoms with Gasteiger partial charge in [0.15, 0.2) is 5.95 Å². The van der Waals surface area contributed by atoms with Crippen molar-refractivity contribution in [2.75, 3.05) is 5.73 Å². The second-order valence-corrected chi connectivity index (χ2v) is 3.21. The molecule has 2 rings (SSSR count). The molecule has 1 aromatic heterocycles. The lowest BCUT2D eigenvalue weighted by atomic mass is 9.92. The molecule has 0 aromatic carbocycles. The fourth-order valence-electron chi connectivity index (χ4n) is 1.64. The Morgan fingerprint density at radius 3 is 3.00 bits per heavy atom. The predicted molar refractivity (Wildman–Crippen MR) is 48.7 cm³/mol. The van der Waals surface area contributed by atoms with Gasteiger partial charge in [0.05, 0.1) is 6.20 Å². The van der Waals surface area contributed by atoms with Gasteiger partial charge in [-0.2, -0.15) is 0 Å². The van der Waals surface area contributed by atoms with E-state index in [0.717, 1.165) is 6.42 Å². The molecule has 1 atom stereocenters. The Morgan fingerprint density at radius 1 is 1.50 bits per heavy atom. The number of nitrogens with two attached hydrogens (primary N) is 1. The van der Waals surface area contributed by atoms with Crippen LogP contribution in [-0.2, 0) is 0 Å². The van der Waals surface area contributed by atoms with Crippen LogP contribution in [0.2, 0.25) is 0 Å². The fourth-order valence-corrected chi connectivity index (χ4v) is 1.64. The maximum absolute atomic E-state index is 5.50. The average Bonchev–Trinajstić information content (AvgIpc) is 2.54. The van der Waals surface area contributed by atoms with Crippen molar-refractivity contribution < 1.29 is 0 Å². The van der Waals surface area contributed by atoms with Gasteiger partial charge in [0.2, 0.25) is 0 Å². The van der Waals surface area contributed by atoms with E-state index >= 15 is 0 Å². The van der Waals surface area contributed by atoms with Gasteiger partial charge in [0.25, 0.3) is 0 Å². The highest BCUT2D eigenvalue weighted by molar-refractivity contribution is 5.22. The molecule has 1 heterocycles. The third-order valence-electron chi connectivity index (χ3n) is 2.32. The molecule has 0 radical (unpaired) electrons. The van der Waals surface area contributed by atoms with Crippen LogP contribution in [0.15, 0.2) is 18.3 Å². The van der Waals surface area contributed by atoms with E-state index in [1.807, 2.05) is 6.20 Å². The van der Waals surface area contributed by atoms with E-state index in [1.165, 1.54) is 18.5 Å². The molecule has 1 unspecified atom stereocenters. The van der Waals surface area contributed by atoms with Crippen molar-refractivity contribution in [1.82, 2.24) is 9.97 Å². The number of hydrogen-bond acceptors (Lipinski definition) is 2. The Bertz CT molecular complexity index is 288. The fraction of sp³-hybridized carbons (Fsp3) is 0.444. The molecule has 1 aliphatic rings. The molecule has 64 valence electrons. The number of H-pyrrole nitrogens is 1. The highest BCUT2D eigenvalue weighted by Crippen LogP contribution is 2.27. The number of allylic oxidation sites excluding steroid dienone is 2. The summed E-state index contributed by atoms with van der Waals surface area (Å²) in [6, 6.07) is 0. The molecule has 0 aliphatic heterocycles. The molecular weight excluding hydrogens is 150 g/mol. The minimum Gasteiger partial charge on any atom is -0.369 e. The van der Waals surface area contributed by atoms with Gasteiger partial charge in [-0.25, -0.2) is 4.98 Å². The zero-order chi connectivity index (χ0) is 8.39. The number of imidazole rings is 1. The number of nitrogens with one attached hydrogen (secondary N) is 1. The first-order chi connectivity index (χ1) is 5.86. The number of anilines is 1. The SMILES string of the molecule is Nc1ncc(C2CC=CCC2)[nH]1. The van der Waals surface area contributed by atoms with Crippen LogP contribution in [0.4, 0.5) is 5.95 Å². The van der Waals surface area contributed by atoms with Crippen molar-refractivity contribution in [3.8, 4) is 0 Å². The number of nitrogens with zero attached hydrogens (tertiary/aromatic N) is 1. The molecule has 0 saturated heterocycles. The first-order valence-electron chi connectivity index (χ1n) is 4.31. The molecule has 3 heteroatoms. The second kappa shape index (κ2) is 3.01. The molecule has 0 amide bonds. The Morgan fingerprint density at radius 2 is 2.42 bits per heavy atom. The van der Waals surface area contributed by atoms with Crippen LogP contribution >= 0.6 is 0 Å². The number of nitrogen functional groups attached to an aromatic ring is 1. The zero-order valence-electron chi connectivity index (χ0n) is 6.96. The maximum Gasteiger partial charge on any atom is 0.197 e. The summed E-state index contributed by atoms with van der Waals surface area (Å²) in [7, 11) is 0. The average molecular weight is 163 g/mol. The first kappa shape index (κ1) is 7.40. The Kier molecular flexibility index (Phi) is 1.86. The van der Waals surface area contributed by atoms with Gasteiger partial charge in [-0.05, 0) is 19.3 Å². The van der Waals surface area contributed by atoms with Gasteiger partial charge in [-0.15, -0.1) is 0 Å². The maximum atomic E-state index is 5.50. The summed E-state index contributed by atoms with van der Waals surface area (Å²) in [5.41, 5.74) is 6.68. The van der Waals surface area contributed by atoms with Crippen LogP contribution in [0, 0.1) is 0 Å². The molecule has 1 aliphatic carbocycles. The van der Waals surface area contributed by atoms with E-state index in [0.29, 0.717) is 11.9 Å². The number of hydrogen-bond donors (Lipinski definition) is 2. The van der Waals surface area contributed by atoms with Gasteiger partial charge >= 0.3 is 0 Å². The standard InChI is InChI=1S/C9H13N3/c10-9-11-6-8(12-9)7-4-2-1-3-5-7/h1-2,6-7H,3-5H2,(H3,10,11,12). The van der Waals surface area contributed by atoms with Crippen LogP contribution in [0.3, 0.4) is 0 Å². The Balaban J connectivity index is 2.14. The molecular formula is C9H13N3. The Labute approximate surface area is 71.7 Å². The van der Waals surface area contributed by atoms with Crippen LogP contribution in [0.5, 0.6) is 0 Å². The molecule has 0 saturated carbocycles. The number of aromatic nitrogens is 2. The lowest BCUT2D eigenvalue weighted by Crippen LogP contribution is -2.01. The molecule has 3 N–H and O–H groups in total. The Hall–Kier alpha value is -1.25. The highest BCUT2D eigenvalue weighted by atomic mass is 15.0. The van der Waals surface area contributed by atoms with Gasteiger partial charge in [0.1, 0.15) is 0 Å². The van der Waals surface area contributed by atoms with Crippen LogP contribution in [0.1, 0.15) is 30.9 Å². The number of aromatic amines is 1. The minimum absolute atomic E-state index is 0.527. The van der Waals surface area contributed by atoms with E-state index in [2.05, 4.69) is 22.1 Å². The summed E-state index contributed by atoms with van der Waals surface area (Å²) in [6.45, 7) is 0. The largest absolute Gasteiger partial charge is 0.369 e. The molecule has 12 heavy (non-hydrogen) atoms. The third kappa shape index (κ3) is 1.35. The lowest BCUT2D eigenvalue weighted by molar-refractivity contribution is 0.604. The smallest absolute Gasteiger partial charge is 0.197 e. The van der Waals surface area contributed by atoms with Crippen molar-refractivity contribution in [1.29, 1.82) is 0 Å². The number of rotatable bonds is 1. The van der Waals surface area contributed by atoms with Crippen LogP contribution in [-0.4, -0.2) is 9.97 Å². The van der Waals surface area contributed by atoms with E-state index in [4.69, 9.17) is 5.73 Å². The summed E-state index contributed by atoms with van der Waals surface area (Å²) in [5.74, 6) is 1.12. The van der Waals surface area contributed by atoms with Crippen LogP contribution in [0.25, 0.3) is 0 Å². The van der Waals surface area contributed by atoms with Crippen molar-refractivity contribution in [2.45, 2.75) is 25.2 Å². The van der Waals surface area contributed by atoms with Crippen molar-refractivity contribution >= 4 is 5.95 Å². The first-order valence-corrected chi connectivity index (χ1v) is 4.31. The summed E-state index contributed by atoms with van der Waals surface area (Å²) >= 11 is 0. The summed E-state index contributed by atoms with van der Waals surface area (Å²) in [5, 5.41) is 0. The normalized spacial score (nSPS) is 22.8. The lowest BCUT2D eigenvalue weighted by Gasteiger charge is -2.15. The van der Waals surface area contributed by atoms with Gasteiger partial charge in [-0.3, -0.25) is 0 Å². The molecule has 3 nitrogen and oxygen atoms in total. The van der Waals surface area contributed by atoms with E-state index < -0.39 is 0 Å². The van der Waals surface area contributed by atoms with Gasteiger partial charge in [-0.1, -0.05) is 12.2 Å². The highest BCUT2D eigenvalue weighted by Gasteiger charge is 2.13. The van der Waals surface area contributed by atoms with E-state index in [9.17, 15) is 0 Å². The summed E-state index contributed by atoms with van der Waals surface area (Å²) < 4.78 is 0. The topological polar surface area (TPSA) is 54.7 Å². The van der Waals surface area contributed by atoms with Crippen molar-refractivity contribution in [3.05, 3.63) is 24.0 Å². The quantitative estimate of drug-likeness (QED) is 0.620. The van der Waals surface area contributed by atoms with Gasteiger partial charge in [0, 0.05) is 11.6 Å². The molecule has 0 fully saturated rings. The second-order valence-electron chi connectivity index (χ2n) is 3.21. The van der Waals surface area contributed by atoms with Gasteiger partial charge < -0.3 is 10.7 Å². The predicted octanol–water partition coefficient (Wildman–Crippen LogP) is 1.82. The van der Waals surface area contributed by atoms with E-state index in [-0.39, 0.29) is 0 Å². The van der Waals surface area contributed by atoms with E-state index in [1.54, 1.807) is 0 Å². The minimum atomic E-state index is 0.527. The third-order valence-corrected chi connectivity index (χ3v) is 2.32. The summed E-state index contributed by atoms with van der Waals surface area (Å²) in [4.78, 5) is 7.07.